The topological polar surface area (TPSA) is 62.6 Å². The fraction of sp³-hybridized carbons (Fsp3) is 0.412. The van der Waals surface area contributed by atoms with Gasteiger partial charge in [0.2, 0.25) is 5.88 Å². The number of aromatic nitrogens is 2. The summed E-state index contributed by atoms with van der Waals surface area (Å²) in [6, 6.07) is 4.82. The van der Waals surface area contributed by atoms with Crippen LogP contribution in [0.4, 0.5) is 0 Å². The van der Waals surface area contributed by atoms with Crippen LogP contribution >= 0.6 is 23.2 Å². The smallest absolute Gasteiger partial charge is 0.359 e. The van der Waals surface area contributed by atoms with Gasteiger partial charge in [-0.15, -0.1) is 0 Å². The molecule has 0 unspecified atom stereocenters. The van der Waals surface area contributed by atoms with Gasteiger partial charge in [0.15, 0.2) is 5.69 Å². The molecule has 0 saturated carbocycles. The first-order valence-electron chi connectivity index (χ1n) is 7.78. The highest BCUT2D eigenvalue weighted by molar-refractivity contribution is 6.34. The number of halogens is 2. The van der Waals surface area contributed by atoms with Gasteiger partial charge < -0.3 is 14.2 Å². The number of rotatable bonds is 7. The number of methoxy groups -OCH3 is 1. The van der Waals surface area contributed by atoms with Gasteiger partial charge in [0.25, 0.3) is 0 Å². The summed E-state index contributed by atoms with van der Waals surface area (Å²) in [5, 5.41) is 5.24. The van der Waals surface area contributed by atoms with Crippen LogP contribution in [-0.4, -0.2) is 29.5 Å². The van der Waals surface area contributed by atoms with Gasteiger partial charge in [-0.25, -0.2) is 9.48 Å². The standard InChI is InChI=1S/C17H20Cl2N2O4/c1-5-24-17(22)15-14(9-23-4)16(21(20-15)10(2)3)25-13-7-11(18)6-12(19)8-13/h6-8,10H,5,9H2,1-4H3. The van der Waals surface area contributed by atoms with E-state index in [0.717, 1.165) is 0 Å². The number of carbonyl (C=O) groups is 1. The van der Waals surface area contributed by atoms with Crippen LogP contribution in [0, 0.1) is 0 Å². The highest BCUT2D eigenvalue weighted by Gasteiger charge is 2.27. The van der Waals surface area contributed by atoms with Crippen molar-refractivity contribution in [1.82, 2.24) is 9.78 Å². The second kappa shape index (κ2) is 8.56. The molecule has 0 radical (unpaired) electrons. The zero-order valence-corrected chi connectivity index (χ0v) is 16.0. The molecule has 0 spiro atoms. The predicted octanol–water partition coefficient (Wildman–Crippen LogP) is 4.89. The molecule has 0 atom stereocenters. The molecule has 0 bridgehead atoms. The first kappa shape index (κ1) is 19.6. The monoisotopic (exact) mass is 386 g/mol. The third-order valence-electron chi connectivity index (χ3n) is 3.26. The van der Waals surface area contributed by atoms with Crippen LogP contribution in [0.25, 0.3) is 0 Å². The summed E-state index contributed by atoms with van der Waals surface area (Å²) in [5.41, 5.74) is 0.672. The minimum atomic E-state index is -0.525. The van der Waals surface area contributed by atoms with E-state index in [9.17, 15) is 4.79 Å². The van der Waals surface area contributed by atoms with E-state index in [2.05, 4.69) is 5.10 Å². The van der Waals surface area contributed by atoms with Gasteiger partial charge in [-0.05, 0) is 39.0 Å². The fourth-order valence-corrected chi connectivity index (χ4v) is 2.75. The molecular weight excluding hydrogens is 367 g/mol. The van der Waals surface area contributed by atoms with Crippen molar-refractivity contribution >= 4 is 29.2 Å². The maximum absolute atomic E-state index is 12.2. The summed E-state index contributed by atoms with van der Waals surface area (Å²) in [4.78, 5) is 12.2. The molecule has 25 heavy (non-hydrogen) atoms. The van der Waals surface area contributed by atoms with E-state index < -0.39 is 5.97 Å². The third kappa shape index (κ3) is 4.66. The second-order valence-corrected chi connectivity index (χ2v) is 6.40. The lowest BCUT2D eigenvalue weighted by atomic mass is 10.2. The Morgan fingerprint density at radius 1 is 1.24 bits per heavy atom. The van der Waals surface area contributed by atoms with Crippen LogP contribution < -0.4 is 4.74 Å². The molecule has 0 amide bonds. The normalized spacial score (nSPS) is 11.0. The number of ether oxygens (including phenoxy) is 3. The van der Waals surface area contributed by atoms with E-state index in [1.54, 1.807) is 29.8 Å². The first-order chi connectivity index (χ1) is 11.9. The maximum atomic E-state index is 12.2. The molecule has 6 nitrogen and oxygen atoms in total. The van der Waals surface area contributed by atoms with Gasteiger partial charge in [0.05, 0.1) is 24.8 Å². The molecule has 2 rings (SSSR count). The Kier molecular flexibility index (Phi) is 6.70. The summed E-state index contributed by atoms with van der Waals surface area (Å²) in [7, 11) is 1.53. The Bertz CT molecular complexity index is 739. The second-order valence-electron chi connectivity index (χ2n) is 5.53. The summed E-state index contributed by atoms with van der Waals surface area (Å²) in [6.07, 6.45) is 0. The maximum Gasteiger partial charge on any atom is 0.359 e. The van der Waals surface area contributed by atoms with E-state index in [-0.39, 0.29) is 24.9 Å². The van der Waals surface area contributed by atoms with Crippen molar-refractivity contribution in [2.24, 2.45) is 0 Å². The lowest BCUT2D eigenvalue weighted by Crippen LogP contribution is -2.09. The number of hydrogen-bond acceptors (Lipinski definition) is 5. The molecule has 1 aromatic heterocycles. The van der Waals surface area contributed by atoms with Gasteiger partial charge >= 0.3 is 5.97 Å². The van der Waals surface area contributed by atoms with E-state index in [0.29, 0.717) is 27.2 Å². The van der Waals surface area contributed by atoms with Crippen molar-refractivity contribution in [1.29, 1.82) is 0 Å². The van der Waals surface area contributed by atoms with Crippen LogP contribution in [0.5, 0.6) is 11.6 Å². The van der Waals surface area contributed by atoms with Gasteiger partial charge in [-0.3, -0.25) is 0 Å². The average Bonchev–Trinajstić information content (AvgIpc) is 2.86. The Morgan fingerprint density at radius 3 is 2.40 bits per heavy atom. The van der Waals surface area contributed by atoms with Gasteiger partial charge in [0, 0.05) is 17.2 Å². The molecule has 0 aliphatic heterocycles. The zero-order valence-electron chi connectivity index (χ0n) is 14.5. The van der Waals surface area contributed by atoms with Crippen LogP contribution in [0.15, 0.2) is 18.2 Å². The quantitative estimate of drug-likeness (QED) is 0.634. The van der Waals surface area contributed by atoms with Crippen molar-refractivity contribution in [3.8, 4) is 11.6 Å². The summed E-state index contributed by atoms with van der Waals surface area (Å²) < 4.78 is 17.9. The van der Waals surface area contributed by atoms with E-state index in [1.807, 2.05) is 13.8 Å². The Labute approximate surface area is 156 Å². The molecule has 136 valence electrons. The molecule has 8 heteroatoms. The Balaban J connectivity index is 2.54. The molecule has 1 aromatic carbocycles. The molecular formula is C17H20Cl2N2O4. The molecule has 2 aromatic rings. The zero-order chi connectivity index (χ0) is 18.6. The fourth-order valence-electron chi connectivity index (χ4n) is 2.25. The van der Waals surface area contributed by atoms with Crippen LogP contribution in [0.3, 0.4) is 0 Å². The van der Waals surface area contributed by atoms with Gasteiger partial charge in [0.1, 0.15) is 5.75 Å². The van der Waals surface area contributed by atoms with Crippen molar-refractivity contribution < 1.29 is 19.0 Å². The van der Waals surface area contributed by atoms with E-state index in [4.69, 9.17) is 37.4 Å². The average molecular weight is 387 g/mol. The Morgan fingerprint density at radius 2 is 1.88 bits per heavy atom. The largest absolute Gasteiger partial charge is 0.461 e. The SMILES string of the molecule is CCOC(=O)c1nn(C(C)C)c(Oc2cc(Cl)cc(Cl)c2)c1COC. The molecule has 0 N–H and O–H groups in total. The number of hydrogen-bond donors (Lipinski definition) is 0. The van der Waals surface area contributed by atoms with E-state index >= 15 is 0 Å². The van der Waals surface area contributed by atoms with E-state index in [1.165, 1.54) is 7.11 Å². The van der Waals surface area contributed by atoms with Crippen molar-refractivity contribution in [2.75, 3.05) is 13.7 Å². The lowest BCUT2D eigenvalue weighted by molar-refractivity contribution is 0.0513. The van der Waals surface area contributed by atoms with Crippen LogP contribution in [0.2, 0.25) is 10.0 Å². The summed E-state index contributed by atoms with van der Waals surface area (Å²) >= 11 is 12.1. The minimum absolute atomic E-state index is 0.0524. The lowest BCUT2D eigenvalue weighted by Gasteiger charge is -2.13. The van der Waals surface area contributed by atoms with Crippen LogP contribution in [-0.2, 0) is 16.1 Å². The summed E-state index contributed by atoms with van der Waals surface area (Å²) in [5.74, 6) is 0.299. The number of esters is 1. The number of benzene rings is 1. The molecule has 0 saturated heterocycles. The molecule has 0 aliphatic carbocycles. The third-order valence-corrected chi connectivity index (χ3v) is 3.69. The number of carbonyl (C=O) groups excluding carboxylic acids is 1. The van der Waals surface area contributed by atoms with Crippen molar-refractivity contribution in [3.05, 3.63) is 39.5 Å². The summed E-state index contributed by atoms with van der Waals surface area (Å²) in [6.45, 7) is 5.98. The van der Waals surface area contributed by atoms with Crippen molar-refractivity contribution in [2.45, 2.75) is 33.4 Å². The molecule has 0 aliphatic rings. The van der Waals surface area contributed by atoms with Crippen LogP contribution in [0.1, 0.15) is 42.9 Å². The Hall–Kier alpha value is -1.76. The minimum Gasteiger partial charge on any atom is -0.461 e. The number of nitrogens with zero attached hydrogens (tertiary/aromatic N) is 2. The molecule has 1 heterocycles. The first-order valence-corrected chi connectivity index (χ1v) is 8.54. The van der Waals surface area contributed by atoms with Gasteiger partial charge in [-0.2, -0.15) is 5.10 Å². The van der Waals surface area contributed by atoms with Gasteiger partial charge in [-0.1, -0.05) is 23.2 Å². The molecule has 0 fully saturated rings. The predicted molar refractivity (Wildman–Crippen MR) is 95.8 cm³/mol. The highest BCUT2D eigenvalue weighted by Crippen LogP contribution is 2.34. The van der Waals surface area contributed by atoms with Crippen molar-refractivity contribution in [3.63, 3.8) is 0 Å². The highest BCUT2D eigenvalue weighted by atomic mass is 35.5.